The van der Waals surface area contributed by atoms with E-state index in [9.17, 15) is 4.79 Å². The minimum atomic E-state index is -0.566. The molecule has 1 aromatic carbocycles. The van der Waals surface area contributed by atoms with E-state index in [2.05, 4.69) is 12.1 Å². The minimum Gasteiger partial charge on any atom is -0.368 e. The Morgan fingerprint density at radius 1 is 1.11 bits per heavy atom. The number of ether oxygens (including phenoxy) is 1. The van der Waals surface area contributed by atoms with E-state index in [0.29, 0.717) is 13.0 Å². The lowest BCUT2D eigenvalue weighted by atomic mass is 9.88. The summed E-state index contributed by atoms with van der Waals surface area (Å²) in [7, 11) is 0. The van der Waals surface area contributed by atoms with Gasteiger partial charge in [-0.15, -0.1) is 0 Å². The van der Waals surface area contributed by atoms with Crippen molar-refractivity contribution in [2.45, 2.75) is 52.1 Å². The van der Waals surface area contributed by atoms with Crippen LogP contribution in [0.5, 0.6) is 0 Å². The molecule has 0 N–H and O–H groups in total. The van der Waals surface area contributed by atoms with E-state index in [1.165, 1.54) is 5.56 Å². The monoisotopic (exact) mass is 248 g/mol. The smallest absolute Gasteiger partial charge is 0.164 e. The van der Waals surface area contributed by atoms with Gasteiger partial charge in [0.1, 0.15) is 5.60 Å². The van der Waals surface area contributed by atoms with Crippen molar-refractivity contribution in [3.05, 3.63) is 35.9 Å². The topological polar surface area (TPSA) is 26.3 Å². The molecule has 0 amide bonds. The summed E-state index contributed by atoms with van der Waals surface area (Å²) in [5.41, 5.74) is 0.646. The van der Waals surface area contributed by atoms with Crippen LogP contribution in [0.2, 0.25) is 0 Å². The van der Waals surface area contributed by atoms with Gasteiger partial charge in [0.25, 0.3) is 0 Å². The Hall–Kier alpha value is -1.15. The van der Waals surface area contributed by atoms with Crippen molar-refractivity contribution in [3.63, 3.8) is 0 Å². The van der Waals surface area contributed by atoms with Gasteiger partial charge in [-0.05, 0) is 31.7 Å². The first-order chi connectivity index (χ1) is 8.68. The lowest BCUT2D eigenvalue weighted by Gasteiger charge is -2.30. The molecular formula is C16H24O2. The van der Waals surface area contributed by atoms with Crippen molar-refractivity contribution < 1.29 is 9.53 Å². The fourth-order valence-corrected chi connectivity index (χ4v) is 2.34. The molecule has 0 aliphatic carbocycles. The van der Waals surface area contributed by atoms with Crippen LogP contribution < -0.4 is 0 Å². The molecular weight excluding hydrogens is 224 g/mol. The normalized spacial score (nSPS) is 11.5. The Labute approximate surface area is 110 Å². The largest absolute Gasteiger partial charge is 0.368 e. The number of carbonyl (C=O) groups is 1. The van der Waals surface area contributed by atoms with E-state index in [4.69, 9.17) is 4.74 Å². The van der Waals surface area contributed by atoms with E-state index in [1.54, 1.807) is 0 Å². The van der Waals surface area contributed by atoms with Crippen molar-refractivity contribution in [1.82, 2.24) is 0 Å². The van der Waals surface area contributed by atoms with Crippen molar-refractivity contribution >= 4 is 5.78 Å². The van der Waals surface area contributed by atoms with E-state index in [-0.39, 0.29) is 5.78 Å². The van der Waals surface area contributed by atoms with Crippen LogP contribution in [0.3, 0.4) is 0 Å². The highest BCUT2D eigenvalue weighted by Gasteiger charge is 2.34. The zero-order chi connectivity index (χ0) is 13.4. The molecule has 0 aromatic heterocycles. The molecule has 0 saturated heterocycles. The van der Waals surface area contributed by atoms with E-state index >= 15 is 0 Å². The minimum absolute atomic E-state index is 0.234. The zero-order valence-corrected chi connectivity index (χ0v) is 11.7. The number of hydrogen-bond acceptors (Lipinski definition) is 2. The van der Waals surface area contributed by atoms with Crippen molar-refractivity contribution in [1.29, 1.82) is 0 Å². The summed E-state index contributed by atoms with van der Waals surface area (Å²) in [5.74, 6) is 0.234. The van der Waals surface area contributed by atoms with Gasteiger partial charge in [0.05, 0.1) is 0 Å². The molecule has 18 heavy (non-hydrogen) atoms. The highest BCUT2D eigenvalue weighted by atomic mass is 16.5. The second kappa shape index (κ2) is 7.32. The predicted octanol–water partition coefficient (Wildman–Crippen LogP) is 3.78. The van der Waals surface area contributed by atoms with Crippen LogP contribution in [0, 0.1) is 0 Å². The molecule has 0 spiro atoms. The van der Waals surface area contributed by atoms with Crippen molar-refractivity contribution in [3.8, 4) is 0 Å². The number of rotatable bonds is 8. The number of carbonyl (C=O) groups excluding carboxylic acids is 1. The molecule has 1 aromatic rings. The Bertz CT molecular complexity index is 353. The number of hydrogen-bond donors (Lipinski definition) is 0. The van der Waals surface area contributed by atoms with Crippen LogP contribution in [0.25, 0.3) is 0 Å². The second-order valence-electron chi connectivity index (χ2n) is 4.54. The molecule has 0 bridgehead atoms. The Kier molecular flexibility index (Phi) is 6.06. The number of ketones is 1. The fourth-order valence-electron chi connectivity index (χ4n) is 2.34. The third-order valence-electron chi connectivity index (χ3n) is 3.55. The first-order valence-electron chi connectivity index (χ1n) is 6.89. The van der Waals surface area contributed by atoms with Crippen molar-refractivity contribution in [2.75, 3.05) is 6.61 Å². The molecule has 2 heteroatoms. The van der Waals surface area contributed by atoms with Crippen LogP contribution in [-0.4, -0.2) is 18.0 Å². The molecule has 0 fully saturated rings. The first kappa shape index (κ1) is 14.9. The molecule has 1 rings (SSSR count). The van der Waals surface area contributed by atoms with Gasteiger partial charge in [0.2, 0.25) is 0 Å². The maximum absolute atomic E-state index is 12.4. The zero-order valence-electron chi connectivity index (χ0n) is 11.7. The maximum Gasteiger partial charge on any atom is 0.164 e. The quantitative estimate of drug-likeness (QED) is 0.699. The standard InChI is InChI=1S/C16H24O2/c1-4-16(5-2,18-6-3)15(17)13-12-14-10-8-7-9-11-14/h7-11H,4-6,12-13H2,1-3H3. The molecule has 0 radical (unpaired) electrons. The average Bonchev–Trinajstić information content (AvgIpc) is 2.43. The summed E-state index contributed by atoms with van der Waals surface area (Å²) in [6.07, 6.45) is 2.87. The van der Waals surface area contributed by atoms with Gasteiger partial charge < -0.3 is 4.74 Å². The Balaban J connectivity index is 2.62. The van der Waals surface area contributed by atoms with Crippen molar-refractivity contribution in [2.24, 2.45) is 0 Å². The SMILES string of the molecule is CCOC(CC)(CC)C(=O)CCc1ccccc1. The van der Waals surface area contributed by atoms with Crippen LogP contribution >= 0.6 is 0 Å². The van der Waals surface area contributed by atoms with Gasteiger partial charge in [-0.3, -0.25) is 4.79 Å². The molecule has 0 aliphatic rings. The van der Waals surface area contributed by atoms with Gasteiger partial charge in [-0.25, -0.2) is 0 Å². The molecule has 0 unspecified atom stereocenters. The van der Waals surface area contributed by atoms with Crippen LogP contribution in [0.4, 0.5) is 0 Å². The molecule has 0 aliphatic heterocycles. The van der Waals surface area contributed by atoms with Gasteiger partial charge in [-0.2, -0.15) is 0 Å². The maximum atomic E-state index is 12.4. The number of benzene rings is 1. The molecule has 2 nitrogen and oxygen atoms in total. The number of aryl methyl sites for hydroxylation is 1. The molecule has 0 saturated carbocycles. The summed E-state index contributed by atoms with van der Waals surface area (Å²) in [6.45, 7) is 6.60. The van der Waals surface area contributed by atoms with E-state index in [1.807, 2.05) is 39.0 Å². The fraction of sp³-hybridized carbons (Fsp3) is 0.562. The van der Waals surface area contributed by atoms with Crippen LogP contribution in [-0.2, 0) is 16.0 Å². The van der Waals surface area contributed by atoms with Crippen LogP contribution in [0.15, 0.2) is 30.3 Å². The summed E-state index contributed by atoms with van der Waals surface area (Å²) in [6, 6.07) is 10.1. The second-order valence-corrected chi connectivity index (χ2v) is 4.54. The third kappa shape index (κ3) is 3.67. The van der Waals surface area contributed by atoms with Gasteiger partial charge in [0, 0.05) is 13.0 Å². The van der Waals surface area contributed by atoms with Crippen LogP contribution in [0.1, 0.15) is 45.6 Å². The molecule has 0 heterocycles. The molecule has 0 atom stereocenters. The average molecular weight is 248 g/mol. The first-order valence-corrected chi connectivity index (χ1v) is 6.89. The molecule has 100 valence electrons. The third-order valence-corrected chi connectivity index (χ3v) is 3.55. The van der Waals surface area contributed by atoms with E-state index in [0.717, 1.165) is 19.3 Å². The summed E-state index contributed by atoms with van der Waals surface area (Å²) in [5, 5.41) is 0. The highest BCUT2D eigenvalue weighted by Crippen LogP contribution is 2.24. The summed E-state index contributed by atoms with van der Waals surface area (Å²) in [4.78, 5) is 12.4. The lowest BCUT2D eigenvalue weighted by Crippen LogP contribution is -2.40. The van der Waals surface area contributed by atoms with Gasteiger partial charge in [0.15, 0.2) is 5.78 Å². The Morgan fingerprint density at radius 3 is 2.22 bits per heavy atom. The van der Waals surface area contributed by atoms with E-state index < -0.39 is 5.60 Å². The summed E-state index contributed by atoms with van der Waals surface area (Å²) >= 11 is 0. The van der Waals surface area contributed by atoms with Gasteiger partial charge in [-0.1, -0.05) is 44.2 Å². The Morgan fingerprint density at radius 2 is 1.72 bits per heavy atom. The highest BCUT2D eigenvalue weighted by molar-refractivity contribution is 5.87. The summed E-state index contributed by atoms with van der Waals surface area (Å²) < 4.78 is 5.73. The van der Waals surface area contributed by atoms with Gasteiger partial charge >= 0.3 is 0 Å². The lowest BCUT2D eigenvalue weighted by molar-refractivity contribution is -0.145. The predicted molar refractivity (Wildman–Crippen MR) is 74.7 cm³/mol. The number of Topliss-reactive ketones (excluding diaryl/α,β-unsaturated/α-hetero) is 1.